The molecule has 178 valence electrons. The van der Waals surface area contributed by atoms with Gasteiger partial charge in [-0.3, -0.25) is 14.4 Å². The highest BCUT2D eigenvalue weighted by Gasteiger charge is 2.39. The number of carbonyl (C=O) groups excluding carboxylic acids is 3. The first kappa shape index (κ1) is 24.8. The van der Waals surface area contributed by atoms with Crippen molar-refractivity contribution in [2.75, 3.05) is 10.2 Å². The topological polar surface area (TPSA) is 78.5 Å². The third kappa shape index (κ3) is 5.68. The van der Waals surface area contributed by atoms with E-state index in [1.807, 2.05) is 19.1 Å². The van der Waals surface area contributed by atoms with Crippen LogP contribution in [0.4, 0.5) is 11.4 Å². The van der Waals surface area contributed by atoms with Gasteiger partial charge < -0.3 is 10.6 Å². The molecule has 0 spiro atoms. The molecule has 0 bridgehead atoms. The fourth-order valence-electron chi connectivity index (χ4n) is 3.47. The van der Waals surface area contributed by atoms with Crippen LogP contribution in [0, 0.1) is 6.92 Å². The minimum absolute atomic E-state index is 0.0261. The summed E-state index contributed by atoms with van der Waals surface area (Å²) in [5, 5.41) is 6.65. The van der Waals surface area contributed by atoms with Gasteiger partial charge in [-0.25, -0.2) is 4.90 Å². The van der Waals surface area contributed by atoms with Crippen molar-refractivity contribution in [3.63, 3.8) is 0 Å². The van der Waals surface area contributed by atoms with E-state index in [2.05, 4.69) is 10.6 Å². The zero-order valence-electron chi connectivity index (χ0n) is 18.6. The van der Waals surface area contributed by atoms with Crippen molar-refractivity contribution < 1.29 is 14.4 Å². The number of nitrogens with one attached hydrogen (secondary N) is 2. The first-order valence-corrected chi connectivity index (χ1v) is 11.8. The largest absolute Gasteiger partial charge is 0.352 e. The lowest BCUT2D eigenvalue weighted by Gasteiger charge is -2.16. The number of rotatable bonds is 7. The maximum atomic E-state index is 12.9. The fourth-order valence-corrected chi connectivity index (χ4v) is 3.98. The van der Waals surface area contributed by atoms with Crippen LogP contribution in [0.1, 0.15) is 16.7 Å². The monoisotopic (exact) mass is 527 g/mol. The normalized spacial score (nSPS) is 13.4. The van der Waals surface area contributed by atoms with Crippen LogP contribution in [0.5, 0.6) is 0 Å². The summed E-state index contributed by atoms with van der Waals surface area (Å²) >= 11 is 18.2. The smallest absolute Gasteiger partial charge is 0.283 e. The van der Waals surface area contributed by atoms with Gasteiger partial charge in [-0.1, -0.05) is 65.1 Å². The highest BCUT2D eigenvalue weighted by atomic mass is 35.5. The lowest BCUT2D eigenvalue weighted by Crippen LogP contribution is -2.32. The number of anilines is 2. The maximum Gasteiger partial charge on any atom is 0.283 e. The molecule has 0 fully saturated rings. The Morgan fingerprint density at radius 3 is 2.17 bits per heavy atom. The van der Waals surface area contributed by atoms with E-state index in [-0.39, 0.29) is 23.1 Å². The highest BCUT2D eigenvalue weighted by Crippen LogP contribution is 2.32. The Morgan fingerprint density at radius 2 is 1.51 bits per heavy atom. The van der Waals surface area contributed by atoms with Gasteiger partial charge in [0, 0.05) is 22.3 Å². The molecule has 0 atom stereocenters. The second-order valence-electron chi connectivity index (χ2n) is 7.97. The predicted octanol–water partition coefficient (Wildman–Crippen LogP) is 5.60. The van der Waals surface area contributed by atoms with Crippen LogP contribution in [0.3, 0.4) is 0 Å². The lowest BCUT2D eigenvalue weighted by molar-refractivity contribution is -0.121. The van der Waals surface area contributed by atoms with Gasteiger partial charge in [0.2, 0.25) is 5.91 Å². The first-order chi connectivity index (χ1) is 16.7. The molecule has 9 heteroatoms. The zero-order chi connectivity index (χ0) is 25.1. The summed E-state index contributed by atoms with van der Waals surface area (Å²) in [6.45, 7) is 2.23. The molecule has 0 aliphatic carbocycles. The van der Waals surface area contributed by atoms with E-state index in [4.69, 9.17) is 34.8 Å². The Kier molecular flexibility index (Phi) is 7.45. The van der Waals surface area contributed by atoms with E-state index in [1.54, 1.807) is 54.6 Å². The Hall–Kier alpha value is -3.32. The molecule has 1 aliphatic heterocycles. The second kappa shape index (κ2) is 10.5. The van der Waals surface area contributed by atoms with Gasteiger partial charge in [-0.2, -0.15) is 0 Å². The molecular formula is C26H20Cl3N3O3. The summed E-state index contributed by atoms with van der Waals surface area (Å²) in [7, 11) is 0. The molecule has 1 aliphatic rings. The van der Waals surface area contributed by atoms with Gasteiger partial charge in [0.1, 0.15) is 10.7 Å². The Morgan fingerprint density at radius 1 is 0.857 bits per heavy atom. The minimum atomic E-state index is -0.631. The summed E-state index contributed by atoms with van der Waals surface area (Å²) in [4.78, 5) is 38.9. The number of halogens is 3. The number of nitrogens with zero attached hydrogens (tertiary/aromatic N) is 1. The molecule has 3 aromatic carbocycles. The van der Waals surface area contributed by atoms with Crippen molar-refractivity contribution >= 4 is 63.9 Å². The van der Waals surface area contributed by atoms with Crippen LogP contribution < -0.4 is 15.5 Å². The summed E-state index contributed by atoms with van der Waals surface area (Å²) in [5.74, 6) is -1.34. The average molecular weight is 529 g/mol. The standard InChI is InChI=1S/C26H20Cl3N3O3/c1-15-2-11-20(13-21(15)28)32-25(34)23(29)24(26(32)35)31-19-9-5-16(6-10-19)12-22(33)30-14-17-3-7-18(27)8-4-17/h2-11,13,31H,12,14H2,1H3,(H,30,33). The van der Waals surface area contributed by atoms with Crippen LogP contribution in [-0.2, 0) is 27.3 Å². The number of carbonyl (C=O) groups is 3. The molecule has 35 heavy (non-hydrogen) atoms. The van der Waals surface area contributed by atoms with Crippen LogP contribution >= 0.6 is 34.8 Å². The van der Waals surface area contributed by atoms with E-state index in [0.717, 1.165) is 21.6 Å². The molecule has 6 nitrogen and oxygen atoms in total. The number of hydrogen-bond donors (Lipinski definition) is 2. The molecule has 3 aromatic rings. The van der Waals surface area contributed by atoms with Crippen LogP contribution in [0.25, 0.3) is 0 Å². The quantitative estimate of drug-likeness (QED) is 0.392. The highest BCUT2D eigenvalue weighted by molar-refractivity contribution is 6.53. The third-order valence-electron chi connectivity index (χ3n) is 5.43. The molecule has 0 saturated heterocycles. The van der Waals surface area contributed by atoms with Gasteiger partial charge in [0.05, 0.1) is 12.1 Å². The van der Waals surface area contributed by atoms with Gasteiger partial charge in [-0.05, 0) is 60.0 Å². The summed E-state index contributed by atoms with van der Waals surface area (Å²) in [6.07, 6.45) is 0.191. The van der Waals surface area contributed by atoms with Crippen molar-refractivity contribution in [2.24, 2.45) is 0 Å². The fraction of sp³-hybridized carbons (Fsp3) is 0.115. The summed E-state index contributed by atoms with van der Waals surface area (Å²) in [6, 6.07) is 19.1. The molecule has 4 rings (SSSR count). The Labute approximate surface area is 217 Å². The van der Waals surface area contributed by atoms with E-state index < -0.39 is 11.8 Å². The molecule has 2 N–H and O–H groups in total. The van der Waals surface area contributed by atoms with E-state index >= 15 is 0 Å². The minimum Gasteiger partial charge on any atom is -0.352 e. The number of aryl methyl sites for hydroxylation is 1. The van der Waals surface area contributed by atoms with Crippen LogP contribution in [0.2, 0.25) is 10.0 Å². The van der Waals surface area contributed by atoms with Crippen molar-refractivity contribution in [1.82, 2.24) is 5.32 Å². The molecule has 1 heterocycles. The van der Waals surface area contributed by atoms with Gasteiger partial charge >= 0.3 is 0 Å². The van der Waals surface area contributed by atoms with Crippen molar-refractivity contribution in [2.45, 2.75) is 19.9 Å². The molecule has 3 amide bonds. The lowest BCUT2D eigenvalue weighted by atomic mass is 10.1. The van der Waals surface area contributed by atoms with Gasteiger partial charge in [-0.15, -0.1) is 0 Å². The maximum absolute atomic E-state index is 12.9. The molecular weight excluding hydrogens is 509 g/mol. The molecule has 0 unspecified atom stereocenters. The second-order valence-corrected chi connectivity index (χ2v) is 9.19. The van der Waals surface area contributed by atoms with E-state index in [0.29, 0.717) is 28.0 Å². The molecule has 0 aromatic heterocycles. The van der Waals surface area contributed by atoms with E-state index in [1.165, 1.54) is 0 Å². The Balaban J connectivity index is 1.38. The summed E-state index contributed by atoms with van der Waals surface area (Å²) < 4.78 is 0. The Bertz CT molecular complexity index is 1340. The third-order valence-corrected chi connectivity index (χ3v) is 6.44. The average Bonchev–Trinajstić information content (AvgIpc) is 3.05. The van der Waals surface area contributed by atoms with Crippen LogP contribution in [0.15, 0.2) is 77.5 Å². The number of amides is 3. The summed E-state index contributed by atoms with van der Waals surface area (Å²) in [5.41, 5.74) is 3.42. The van der Waals surface area contributed by atoms with Gasteiger partial charge in [0.15, 0.2) is 0 Å². The van der Waals surface area contributed by atoms with Crippen LogP contribution in [-0.4, -0.2) is 17.7 Å². The van der Waals surface area contributed by atoms with E-state index in [9.17, 15) is 14.4 Å². The number of hydrogen-bond acceptors (Lipinski definition) is 4. The first-order valence-electron chi connectivity index (χ1n) is 10.6. The number of imide groups is 1. The molecule has 0 saturated carbocycles. The zero-order valence-corrected chi connectivity index (χ0v) is 20.8. The van der Waals surface area contributed by atoms with Crippen molar-refractivity contribution in [3.05, 3.63) is 104 Å². The predicted molar refractivity (Wildman–Crippen MR) is 139 cm³/mol. The molecule has 0 radical (unpaired) electrons. The SMILES string of the molecule is Cc1ccc(N2C(=O)C(Cl)=C(Nc3ccc(CC(=O)NCc4ccc(Cl)cc4)cc3)C2=O)cc1Cl. The van der Waals surface area contributed by atoms with Crippen molar-refractivity contribution in [1.29, 1.82) is 0 Å². The van der Waals surface area contributed by atoms with Gasteiger partial charge in [0.25, 0.3) is 11.8 Å². The van der Waals surface area contributed by atoms with Crippen molar-refractivity contribution in [3.8, 4) is 0 Å². The number of benzene rings is 3.